The van der Waals surface area contributed by atoms with E-state index in [0.29, 0.717) is 6.42 Å². The first-order chi connectivity index (χ1) is 27.7. The molecule has 2 fully saturated rings. The number of methoxy groups -OCH3 is 1. The van der Waals surface area contributed by atoms with Gasteiger partial charge in [0.1, 0.15) is 42.4 Å². The molecule has 59 heavy (non-hydrogen) atoms. The molecule has 3 rings (SSSR count). The van der Waals surface area contributed by atoms with Crippen LogP contribution in [0.15, 0.2) is 24.3 Å². The van der Waals surface area contributed by atoms with Crippen LogP contribution in [0.5, 0.6) is 0 Å². The molecule has 3 heterocycles. The molecule has 3 aliphatic rings. The summed E-state index contributed by atoms with van der Waals surface area (Å²) < 4.78 is 48.9. The lowest BCUT2D eigenvalue weighted by Gasteiger charge is -2.50. The van der Waals surface area contributed by atoms with Crippen molar-refractivity contribution in [2.45, 2.75) is 186 Å². The van der Waals surface area contributed by atoms with Crippen LogP contribution in [-0.4, -0.2) is 151 Å². The van der Waals surface area contributed by atoms with Crippen LogP contribution in [0.1, 0.15) is 100 Å². The third kappa shape index (κ3) is 14.7. The molecule has 0 aromatic rings. The molecule has 16 heteroatoms. The van der Waals surface area contributed by atoms with Crippen LogP contribution in [0.3, 0.4) is 0 Å². The summed E-state index contributed by atoms with van der Waals surface area (Å²) in [6.07, 6.45) is -4.07. The number of allylic oxidation sites excluding steroid dienone is 2. The van der Waals surface area contributed by atoms with E-state index in [1.807, 2.05) is 26.8 Å². The average Bonchev–Trinajstić information content (AvgIpc) is 3.13. The zero-order valence-electron chi connectivity index (χ0n) is 36.8. The molecular formula is C43H71NO15. The number of aldehydes is 1. The summed E-state index contributed by atoms with van der Waals surface area (Å²) >= 11 is 0. The van der Waals surface area contributed by atoms with Gasteiger partial charge < -0.3 is 62.9 Å². The lowest BCUT2D eigenvalue weighted by atomic mass is 9.82. The predicted octanol–water partition coefficient (Wildman–Crippen LogP) is 3.40. The lowest BCUT2D eigenvalue weighted by molar-refractivity contribution is -0.344. The van der Waals surface area contributed by atoms with Gasteiger partial charge >= 0.3 is 17.9 Å². The maximum absolute atomic E-state index is 13.3. The Kier molecular flexibility index (Phi) is 20.1. The lowest BCUT2D eigenvalue weighted by Crippen LogP contribution is -2.66. The molecule has 0 aromatic carbocycles. The van der Waals surface area contributed by atoms with E-state index in [4.69, 9.17) is 37.9 Å². The molecule has 3 aliphatic heterocycles. The fourth-order valence-electron chi connectivity index (χ4n) is 8.12. The van der Waals surface area contributed by atoms with Crippen molar-refractivity contribution in [1.29, 1.82) is 0 Å². The molecule has 2 saturated heterocycles. The molecule has 3 N–H and O–H groups in total. The summed E-state index contributed by atoms with van der Waals surface area (Å²) in [7, 11) is 4.87. The molecule has 338 valence electrons. The van der Waals surface area contributed by atoms with E-state index in [-0.39, 0.29) is 38.0 Å². The van der Waals surface area contributed by atoms with Crippen LogP contribution in [-0.2, 0) is 57.1 Å². The Morgan fingerprint density at radius 3 is 2.29 bits per heavy atom. The van der Waals surface area contributed by atoms with E-state index in [1.165, 1.54) is 7.11 Å². The highest BCUT2D eigenvalue weighted by Crippen LogP contribution is 2.38. The predicted molar refractivity (Wildman–Crippen MR) is 214 cm³/mol. The van der Waals surface area contributed by atoms with Gasteiger partial charge in [0.25, 0.3) is 0 Å². The van der Waals surface area contributed by atoms with Crippen molar-refractivity contribution < 1.29 is 72.4 Å². The Morgan fingerprint density at radius 2 is 1.69 bits per heavy atom. The van der Waals surface area contributed by atoms with Gasteiger partial charge in [-0.3, -0.25) is 14.4 Å². The summed E-state index contributed by atoms with van der Waals surface area (Å²) in [5.41, 5.74) is -1.50. The minimum absolute atomic E-state index is 0.00123. The van der Waals surface area contributed by atoms with Gasteiger partial charge in [-0.15, -0.1) is 0 Å². The number of carbonyl (C=O) groups excluding carboxylic acids is 4. The zero-order chi connectivity index (χ0) is 44.2. The molecule has 0 aliphatic carbocycles. The van der Waals surface area contributed by atoms with Crippen LogP contribution < -0.4 is 0 Å². The number of ether oxygens (including phenoxy) is 8. The molecule has 16 nitrogen and oxygen atoms in total. The third-order valence-electron chi connectivity index (χ3n) is 11.2. The Balaban J connectivity index is 1.99. The van der Waals surface area contributed by atoms with Crippen molar-refractivity contribution in [3.8, 4) is 0 Å². The van der Waals surface area contributed by atoms with E-state index in [0.717, 1.165) is 6.29 Å². The van der Waals surface area contributed by atoms with E-state index in [1.54, 1.807) is 71.8 Å². The number of rotatable bonds is 13. The van der Waals surface area contributed by atoms with E-state index < -0.39 is 121 Å². The minimum Gasteiger partial charge on any atom is -0.462 e. The van der Waals surface area contributed by atoms with Crippen LogP contribution in [0.4, 0.5) is 0 Å². The molecular weight excluding hydrogens is 770 g/mol. The Bertz CT molecular complexity index is 1400. The van der Waals surface area contributed by atoms with E-state index >= 15 is 0 Å². The summed E-state index contributed by atoms with van der Waals surface area (Å²) in [5.74, 6) is -2.72. The quantitative estimate of drug-likeness (QED) is 0.138. The number of nitrogens with zero attached hydrogens (tertiary/aromatic N) is 1. The number of hydrogen-bond acceptors (Lipinski definition) is 16. The second-order valence-electron chi connectivity index (χ2n) is 17.2. The number of aliphatic hydroxyl groups excluding tert-OH is 2. The van der Waals surface area contributed by atoms with Crippen LogP contribution in [0.25, 0.3) is 0 Å². The monoisotopic (exact) mass is 841 g/mol. The number of carbonyl (C=O) groups is 4. The summed E-state index contributed by atoms with van der Waals surface area (Å²) in [6.45, 7) is 14.0. The minimum atomic E-state index is -1.50. The average molecular weight is 842 g/mol. The summed E-state index contributed by atoms with van der Waals surface area (Å²) in [4.78, 5) is 52.8. The fourth-order valence-corrected chi connectivity index (χ4v) is 8.12. The van der Waals surface area contributed by atoms with Gasteiger partial charge in [0, 0.05) is 39.2 Å². The summed E-state index contributed by atoms with van der Waals surface area (Å²) in [5, 5.41) is 34.7. The highest BCUT2D eigenvalue weighted by molar-refractivity contribution is 5.72. The van der Waals surface area contributed by atoms with Gasteiger partial charge in [-0.1, -0.05) is 52.0 Å². The topological polar surface area (TPSA) is 206 Å². The maximum Gasteiger partial charge on any atom is 0.309 e. The van der Waals surface area contributed by atoms with Crippen LogP contribution in [0, 0.1) is 17.8 Å². The number of esters is 3. The van der Waals surface area contributed by atoms with Gasteiger partial charge in [-0.25, -0.2) is 0 Å². The number of likely N-dealkylation sites (N-methyl/N-ethyl adjacent to an activating group) is 1. The molecule has 0 amide bonds. The Labute approximate surface area is 349 Å². The molecule has 16 atom stereocenters. The Hall–Kier alpha value is -2.80. The first-order valence-corrected chi connectivity index (χ1v) is 21.0. The van der Waals surface area contributed by atoms with Crippen LogP contribution >= 0.6 is 0 Å². The first-order valence-electron chi connectivity index (χ1n) is 21.0. The SMILES string of the molecule is CCC(=O)O[C@@H]1CC(=O)O[C@@H](C)C/C=C/C=C/[C@H](O)[C@@H](C)C[C@H](CC=O)[C@H](O[C@@H]2O[C@@H](C)[C@H](O[C@@H]3C[C@@](C)(O)[C@H](OC(=O)CC(C)C)[C@H](C)O3)[C@@H](N(C)C)[C@H]2O)[C@H]1OC. The molecule has 0 aromatic heterocycles. The maximum atomic E-state index is 13.3. The largest absolute Gasteiger partial charge is 0.462 e. The second-order valence-corrected chi connectivity index (χ2v) is 17.2. The smallest absolute Gasteiger partial charge is 0.309 e. The zero-order valence-corrected chi connectivity index (χ0v) is 36.8. The summed E-state index contributed by atoms with van der Waals surface area (Å²) in [6, 6.07) is -0.782. The van der Waals surface area contributed by atoms with Gasteiger partial charge in [-0.05, 0) is 66.0 Å². The highest BCUT2D eigenvalue weighted by Gasteiger charge is 2.53. The van der Waals surface area contributed by atoms with Gasteiger partial charge in [0.05, 0.1) is 36.9 Å². The molecule has 0 radical (unpaired) electrons. The van der Waals surface area contributed by atoms with Gasteiger partial charge in [0.2, 0.25) is 0 Å². The first kappa shape index (κ1) is 50.6. The Morgan fingerprint density at radius 1 is 1.00 bits per heavy atom. The van der Waals surface area contributed by atoms with Crippen LogP contribution in [0.2, 0.25) is 0 Å². The van der Waals surface area contributed by atoms with Crippen molar-refractivity contribution in [3.63, 3.8) is 0 Å². The van der Waals surface area contributed by atoms with Crippen molar-refractivity contribution >= 4 is 24.2 Å². The molecule has 0 spiro atoms. The third-order valence-corrected chi connectivity index (χ3v) is 11.2. The number of aliphatic hydroxyl groups is 3. The highest BCUT2D eigenvalue weighted by atomic mass is 16.7. The van der Waals surface area contributed by atoms with Crippen molar-refractivity contribution in [2.24, 2.45) is 17.8 Å². The van der Waals surface area contributed by atoms with E-state index in [9.17, 15) is 34.5 Å². The van der Waals surface area contributed by atoms with E-state index in [2.05, 4.69) is 0 Å². The standard InChI is InChI=1S/C43H71NO15/c1-12-32(47)56-31-22-34(49)53-26(5)16-14-13-15-17-30(46)25(4)21-29(18-19-45)39(40(31)52-11)59-42-37(50)36(44(9)10)38(27(6)55-42)58-35-23-43(8,51)41(28(7)54-35)57-33(48)20-24(2)3/h13-15,17,19,24-31,35-42,46,50-51H,12,16,18,20-23H2,1-11H3/b14-13+,17-15+/t25-,26-,27-,28-,29-,30-,31+,35+,36-,37+,38-,39-,40-,41+,42-,43+/m0/s1. The number of cyclic esters (lactones) is 1. The van der Waals surface area contributed by atoms with Gasteiger partial charge in [-0.2, -0.15) is 0 Å². The van der Waals surface area contributed by atoms with Crippen molar-refractivity contribution in [1.82, 2.24) is 4.90 Å². The van der Waals surface area contributed by atoms with Crippen molar-refractivity contribution in [2.75, 3.05) is 21.2 Å². The van der Waals surface area contributed by atoms with Gasteiger partial charge in [0.15, 0.2) is 18.7 Å². The van der Waals surface area contributed by atoms with Crippen molar-refractivity contribution in [3.05, 3.63) is 24.3 Å². The number of hydrogen-bond donors (Lipinski definition) is 3. The molecule has 0 unspecified atom stereocenters. The second kappa shape index (κ2) is 23.4. The fraction of sp³-hybridized carbons (Fsp3) is 0.814. The molecule has 0 bridgehead atoms. The molecule has 0 saturated carbocycles. The normalized spacial score (nSPS) is 40.2.